The monoisotopic (exact) mass is 543 g/mol. The maximum absolute atomic E-state index is 12.0. The summed E-state index contributed by atoms with van der Waals surface area (Å²) in [5.74, 6) is 2.50. The van der Waals surface area contributed by atoms with Crippen molar-refractivity contribution in [3.8, 4) is 0 Å². The Labute approximate surface area is 244 Å². The number of carbonyl (C=O) groups excluding carboxylic acids is 1. The van der Waals surface area contributed by atoms with Gasteiger partial charge < -0.3 is 4.74 Å². The van der Waals surface area contributed by atoms with Crippen LogP contribution >= 0.6 is 0 Å². The third-order valence-electron chi connectivity index (χ3n) is 7.68. The topological polar surface area (TPSA) is 26.3 Å². The van der Waals surface area contributed by atoms with Crippen molar-refractivity contribution in [2.45, 2.75) is 157 Å². The van der Waals surface area contributed by atoms with E-state index in [9.17, 15) is 4.79 Å². The molecule has 0 aromatic rings. The first-order valence-corrected chi connectivity index (χ1v) is 16.6. The molecule has 0 spiro atoms. The quantitative estimate of drug-likeness (QED) is 0.0617. The Balaban J connectivity index is 3.63. The molecule has 0 aliphatic heterocycles. The molecular formula is C37H66O2. The minimum Gasteiger partial charge on any atom is -0.461 e. The van der Waals surface area contributed by atoms with Gasteiger partial charge in [0.05, 0.1) is 0 Å². The molecule has 0 amide bonds. The molecule has 0 aliphatic rings. The third-order valence-corrected chi connectivity index (χ3v) is 7.68. The van der Waals surface area contributed by atoms with Crippen molar-refractivity contribution in [1.29, 1.82) is 0 Å². The van der Waals surface area contributed by atoms with Crippen LogP contribution in [0.5, 0.6) is 0 Å². The Morgan fingerprint density at radius 1 is 0.641 bits per heavy atom. The number of allylic oxidation sites excluding steroid dienone is 7. The van der Waals surface area contributed by atoms with E-state index in [1.807, 2.05) is 0 Å². The van der Waals surface area contributed by atoms with Crippen LogP contribution in [0.2, 0.25) is 0 Å². The van der Waals surface area contributed by atoms with Crippen LogP contribution in [0.15, 0.2) is 48.1 Å². The van der Waals surface area contributed by atoms with Gasteiger partial charge in [0.15, 0.2) is 0 Å². The van der Waals surface area contributed by atoms with E-state index in [4.69, 9.17) is 4.74 Å². The zero-order chi connectivity index (χ0) is 29.0. The van der Waals surface area contributed by atoms with Gasteiger partial charge in [-0.15, -0.1) is 0 Å². The molecule has 0 saturated heterocycles. The molecule has 0 aromatic heterocycles. The zero-order valence-corrected chi connectivity index (χ0v) is 27.0. The van der Waals surface area contributed by atoms with Crippen LogP contribution in [0.25, 0.3) is 0 Å². The second-order valence-corrected chi connectivity index (χ2v) is 12.4. The molecule has 0 radical (unpaired) electrons. The Bertz CT molecular complexity index is 667. The van der Waals surface area contributed by atoms with Crippen LogP contribution in [-0.4, -0.2) is 12.6 Å². The van der Waals surface area contributed by atoms with Crippen LogP contribution < -0.4 is 0 Å². The molecule has 2 unspecified atom stereocenters. The SMILES string of the molecule is C/C=C/C/C=C/C/C=C/CCCCCCCC(=O)OC/C=C(\C)CCCC(C)CCCC(C)CCCC(C)C. The highest BCUT2D eigenvalue weighted by molar-refractivity contribution is 5.69. The van der Waals surface area contributed by atoms with Gasteiger partial charge in [-0.05, 0) is 82.6 Å². The summed E-state index contributed by atoms with van der Waals surface area (Å²) in [7, 11) is 0. The molecule has 2 nitrogen and oxygen atoms in total. The van der Waals surface area contributed by atoms with Crippen LogP contribution in [-0.2, 0) is 9.53 Å². The van der Waals surface area contributed by atoms with E-state index in [-0.39, 0.29) is 5.97 Å². The van der Waals surface area contributed by atoms with Crippen molar-refractivity contribution in [2.75, 3.05) is 6.61 Å². The van der Waals surface area contributed by atoms with Gasteiger partial charge >= 0.3 is 5.97 Å². The van der Waals surface area contributed by atoms with E-state index in [1.165, 1.54) is 76.2 Å². The predicted molar refractivity (Wildman–Crippen MR) is 174 cm³/mol. The first-order chi connectivity index (χ1) is 18.8. The van der Waals surface area contributed by atoms with Crippen LogP contribution in [0.1, 0.15) is 157 Å². The van der Waals surface area contributed by atoms with E-state index in [0.29, 0.717) is 13.0 Å². The lowest BCUT2D eigenvalue weighted by atomic mass is 9.91. The summed E-state index contributed by atoms with van der Waals surface area (Å²) in [6.45, 7) is 14.2. The lowest BCUT2D eigenvalue weighted by molar-refractivity contribution is -0.142. The molecule has 39 heavy (non-hydrogen) atoms. The van der Waals surface area contributed by atoms with E-state index in [0.717, 1.165) is 56.3 Å². The molecule has 0 aromatic carbocycles. The number of esters is 1. The summed E-state index contributed by atoms with van der Waals surface area (Å²) in [4.78, 5) is 12.0. The second kappa shape index (κ2) is 28.0. The molecule has 0 rings (SSSR count). The maximum atomic E-state index is 12.0. The molecule has 0 saturated carbocycles. The van der Waals surface area contributed by atoms with E-state index < -0.39 is 0 Å². The molecule has 0 aliphatic carbocycles. The van der Waals surface area contributed by atoms with Gasteiger partial charge in [-0.2, -0.15) is 0 Å². The summed E-state index contributed by atoms with van der Waals surface area (Å²) in [5, 5.41) is 0. The number of carbonyl (C=O) groups is 1. The van der Waals surface area contributed by atoms with Crippen molar-refractivity contribution in [1.82, 2.24) is 0 Å². The first kappa shape index (κ1) is 37.4. The molecule has 226 valence electrons. The van der Waals surface area contributed by atoms with Crippen molar-refractivity contribution >= 4 is 5.97 Å². The number of hydrogen-bond donors (Lipinski definition) is 0. The summed E-state index contributed by atoms with van der Waals surface area (Å²) in [6, 6.07) is 0. The fourth-order valence-electron chi connectivity index (χ4n) is 4.92. The molecule has 0 fully saturated rings. The highest BCUT2D eigenvalue weighted by atomic mass is 16.5. The molecule has 2 heteroatoms. The van der Waals surface area contributed by atoms with Crippen LogP contribution in [0, 0.1) is 17.8 Å². The minimum atomic E-state index is -0.0449. The summed E-state index contributed by atoms with van der Waals surface area (Å²) < 4.78 is 5.44. The van der Waals surface area contributed by atoms with Crippen molar-refractivity contribution in [3.05, 3.63) is 48.1 Å². The van der Waals surface area contributed by atoms with Gasteiger partial charge in [-0.1, -0.05) is 134 Å². The predicted octanol–water partition coefficient (Wildman–Crippen LogP) is 12.1. The lowest BCUT2D eigenvalue weighted by Crippen LogP contribution is -2.04. The minimum absolute atomic E-state index is 0.0449. The Morgan fingerprint density at radius 2 is 1.21 bits per heavy atom. The van der Waals surface area contributed by atoms with Crippen LogP contribution in [0.4, 0.5) is 0 Å². The van der Waals surface area contributed by atoms with Gasteiger partial charge in [0, 0.05) is 6.42 Å². The Kier molecular flexibility index (Phi) is 26.9. The average Bonchev–Trinajstić information content (AvgIpc) is 2.88. The van der Waals surface area contributed by atoms with Crippen molar-refractivity contribution in [3.63, 3.8) is 0 Å². The van der Waals surface area contributed by atoms with Gasteiger partial charge in [0.2, 0.25) is 0 Å². The number of unbranched alkanes of at least 4 members (excludes halogenated alkanes) is 5. The summed E-state index contributed by atoms with van der Waals surface area (Å²) in [5.41, 5.74) is 1.35. The largest absolute Gasteiger partial charge is 0.461 e. The fourth-order valence-corrected chi connectivity index (χ4v) is 4.92. The maximum Gasteiger partial charge on any atom is 0.306 e. The van der Waals surface area contributed by atoms with Crippen LogP contribution in [0.3, 0.4) is 0 Å². The molecule has 0 N–H and O–H groups in total. The summed E-state index contributed by atoms with van der Waals surface area (Å²) in [6.07, 6.45) is 36.9. The number of rotatable bonds is 26. The highest BCUT2D eigenvalue weighted by Gasteiger charge is 2.07. The van der Waals surface area contributed by atoms with Gasteiger partial charge in [-0.3, -0.25) is 4.79 Å². The van der Waals surface area contributed by atoms with Crippen molar-refractivity contribution in [2.24, 2.45) is 17.8 Å². The molecular weight excluding hydrogens is 476 g/mol. The first-order valence-electron chi connectivity index (χ1n) is 16.6. The normalized spacial score (nSPS) is 14.3. The van der Waals surface area contributed by atoms with Crippen molar-refractivity contribution < 1.29 is 9.53 Å². The molecule has 0 heterocycles. The Morgan fingerprint density at radius 3 is 1.87 bits per heavy atom. The number of hydrogen-bond acceptors (Lipinski definition) is 2. The highest BCUT2D eigenvalue weighted by Crippen LogP contribution is 2.22. The second-order valence-electron chi connectivity index (χ2n) is 12.4. The average molecular weight is 543 g/mol. The number of ether oxygens (including phenoxy) is 1. The standard InChI is InChI=1S/C37H66O2/c1-7-8-9-10-11-12-13-14-15-16-17-18-19-20-30-37(38)39-32-31-36(6)29-23-28-35(5)27-22-26-34(4)25-21-24-33(2)3/h7-8,10-11,13-14,31,33-35H,9,12,15-30,32H2,1-6H3/b8-7+,11-10+,14-13+,36-31+. The van der Waals surface area contributed by atoms with Gasteiger partial charge in [0.1, 0.15) is 6.61 Å². The summed E-state index contributed by atoms with van der Waals surface area (Å²) >= 11 is 0. The third kappa shape index (κ3) is 29.2. The van der Waals surface area contributed by atoms with E-state index in [2.05, 4.69) is 84.1 Å². The van der Waals surface area contributed by atoms with E-state index in [1.54, 1.807) is 0 Å². The smallest absolute Gasteiger partial charge is 0.306 e. The Hall–Kier alpha value is -1.57. The van der Waals surface area contributed by atoms with Gasteiger partial charge in [-0.25, -0.2) is 0 Å². The molecule has 0 bridgehead atoms. The molecule has 2 atom stereocenters. The van der Waals surface area contributed by atoms with E-state index >= 15 is 0 Å². The van der Waals surface area contributed by atoms with Gasteiger partial charge in [0.25, 0.3) is 0 Å². The fraction of sp³-hybridized carbons (Fsp3) is 0.757. The lowest BCUT2D eigenvalue weighted by Gasteiger charge is -2.15. The zero-order valence-electron chi connectivity index (χ0n) is 27.0.